The molecule has 82 valence electrons. The molecule has 0 aliphatic heterocycles. The van der Waals surface area contributed by atoms with E-state index in [9.17, 15) is 4.79 Å². The van der Waals surface area contributed by atoms with Crippen LogP contribution in [0.4, 0.5) is 0 Å². The molecule has 0 saturated carbocycles. The summed E-state index contributed by atoms with van der Waals surface area (Å²) >= 11 is 0. The average Bonchev–Trinajstić information content (AvgIpc) is 2.27. The third-order valence-electron chi connectivity index (χ3n) is 2.12. The van der Waals surface area contributed by atoms with Gasteiger partial charge in [-0.1, -0.05) is 13.8 Å². The van der Waals surface area contributed by atoms with E-state index in [2.05, 4.69) is 9.72 Å². The summed E-state index contributed by atoms with van der Waals surface area (Å²) in [6.07, 6.45) is 1.45. The Morgan fingerprint density at radius 1 is 1.40 bits per heavy atom. The summed E-state index contributed by atoms with van der Waals surface area (Å²) in [5.74, 6) is 0.418. The van der Waals surface area contributed by atoms with Crippen LogP contribution in [-0.2, 0) is 4.74 Å². The zero-order chi connectivity index (χ0) is 11.4. The van der Waals surface area contributed by atoms with Crippen molar-refractivity contribution in [1.29, 1.82) is 0 Å². The molecule has 15 heavy (non-hydrogen) atoms. The van der Waals surface area contributed by atoms with Gasteiger partial charge in [-0.3, -0.25) is 0 Å². The van der Waals surface area contributed by atoms with Crippen molar-refractivity contribution in [2.24, 2.45) is 0 Å². The molecule has 1 aromatic heterocycles. The maximum Gasteiger partial charge on any atom is 0.339 e. The lowest BCUT2D eigenvalue weighted by molar-refractivity contribution is 0.0600. The lowest BCUT2D eigenvalue weighted by Crippen LogP contribution is -2.05. The quantitative estimate of drug-likeness (QED) is 0.714. The van der Waals surface area contributed by atoms with E-state index >= 15 is 0 Å². The number of ether oxygens (including phenoxy) is 2. The van der Waals surface area contributed by atoms with Crippen molar-refractivity contribution in [3.8, 4) is 5.88 Å². The van der Waals surface area contributed by atoms with Gasteiger partial charge in [0.25, 0.3) is 0 Å². The highest BCUT2D eigenvalue weighted by atomic mass is 16.5. The first kappa shape index (κ1) is 11.5. The maximum atomic E-state index is 11.3. The summed E-state index contributed by atoms with van der Waals surface area (Å²) in [5.41, 5.74) is 1.35. The third-order valence-corrected chi connectivity index (χ3v) is 2.12. The normalized spacial score (nSPS) is 10.2. The van der Waals surface area contributed by atoms with Crippen LogP contribution in [-0.4, -0.2) is 25.2 Å². The van der Waals surface area contributed by atoms with Gasteiger partial charge in [-0.15, -0.1) is 0 Å². The van der Waals surface area contributed by atoms with Crippen molar-refractivity contribution in [2.75, 3.05) is 14.2 Å². The van der Waals surface area contributed by atoms with Gasteiger partial charge in [0, 0.05) is 11.8 Å². The standard InChI is InChI=1S/C11H15NO3/c1-7(2)9-5-8(11(13)15-4)6-12-10(9)14-3/h5-7H,1-4H3. The molecule has 0 fully saturated rings. The van der Waals surface area contributed by atoms with Crippen molar-refractivity contribution in [1.82, 2.24) is 4.98 Å². The highest BCUT2D eigenvalue weighted by Gasteiger charge is 2.13. The van der Waals surface area contributed by atoms with E-state index in [4.69, 9.17) is 4.74 Å². The molecule has 0 radical (unpaired) electrons. The molecule has 0 saturated heterocycles. The molecule has 0 aliphatic carbocycles. The van der Waals surface area contributed by atoms with Crippen molar-refractivity contribution >= 4 is 5.97 Å². The molecule has 0 aliphatic rings. The van der Waals surface area contributed by atoms with Crippen LogP contribution in [0.3, 0.4) is 0 Å². The van der Waals surface area contributed by atoms with E-state index in [0.29, 0.717) is 11.4 Å². The number of rotatable bonds is 3. The lowest BCUT2D eigenvalue weighted by atomic mass is 10.0. The van der Waals surface area contributed by atoms with Gasteiger partial charge in [-0.25, -0.2) is 9.78 Å². The van der Waals surface area contributed by atoms with Gasteiger partial charge in [0.05, 0.1) is 19.8 Å². The Kier molecular flexibility index (Phi) is 3.66. The second-order valence-corrected chi connectivity index (χ2v) is 3.47. The van der Waals surface area contributed by atoms with Gasteiger partial charge in [-0.2, -0.15) is 0 Å². The highest BCUT2D eigenvalue weighted by Crippen LogP contribution is 2.24. The summed E-state index contributed by atoms with van der Waals surface area (Å²) in [7, 11) is 2.91. The number of carbonyl (C=O) groups excluding carboxylic acids is 1. The van der Waals surface area contributed by atoms with Gasteiger partial charge in [0.2, 0.25) is 5.88 Å². The Balaban J connectivity index is 3.16. The number of pyridine rings is 1. The molecule has 4 heteroatoms. The summed E-state index contributed by atoms with van der Waals surface area (Å²) in [6.45, 7) is 4.03. The molecule has 0 bridgehead atoms. The summed E-state index contributed by atoms with van der Waals surface area (Å²) < 4.78 is 9.74. The van der Waals surface area contributed by atoms with Crippen LogP contribution in [0, 0.1) is 0 Å². The monoisotopic (exact) mass is 209 g/mol. The molecular formula is C11H15NO3. The second-order valence-electron chi connectivity index (χ2n) is 3.47. The Morgan fingerprint density at radius 3 is 2.53 bits per heavy atom. The van der Waals surface area contributed by atoms with E-state index in [1.165, 1.54) is 13.3 Å². The first-order valence-corrected chi connectivity index (χ1v) is 4.72. The molecule has 0 amide bonds. The molecule has 0 N–H and O–H groups in total. The van der Waals surface area contributed by atoms with Crippen molar-refractivity contribution in [2.45, 2.75) is 19.8 Å². The van der Waals surface area contributed by atoms with Gasteiger partial charge >= 0.3 is 5.97 Å². The maximum absolute atomic E-state index is 11.3. The zero-order valence-electron chi connectivity index (χ0n) is 9.40. The van der Waals surface area contributed by atoms with E-state index < -0.39 is 0 Å². The van der Waals surface area contributed by atoms with Crippen LogP contribution < -0.4 is 4.74 Å². The number of methoxy groups -OCH3 is 2. The summed E-state index contributed by atoms with van der Waals surface area (Å²) in [4.78, 5) is 15.3. The predicted octanol–water partition coefficient (Wildman–Crippen LogP) is 2.00. The van der Waals surface area contributed by atoms with Crippen LogP contribution in [0.2, 0.25) is 0 Å². The van der Waals surface area contributed by atoms with Gasteiger partial charge < -0.3 is 9.47 Å². The van der Waals surface area contributed by atoms with Crippen molar-refractivity contribution in [3.05, 3.63) is 23.4 Å². The van der Waals surface area contributed by atoms with E-state index in [0.717, 1.165) is 5.56 Å². The largest absolute Gasteiger partial charge is 0.481 e. The van der Waals surface area contributed by atoms with Crippen LogP contribution in [0.5, 0.6) is 5.88 Å². The Hall–Kier alpha value is -1.58. The SMILES string of the molecule is COC(=O)c1cnc(OC)c(C(C)C)c1. The highest BCUT2D eigenvalue weighted by molar-refractivity contribution is 5.89. The van der Waals surface area contributed by atoms with E-state index in [1.807, 2.05) is 13.8 Å². The second kappa shape index (κ2) is 4.77. The molecule has 1 heterocycles. The Labute approximate surface area is 89.2 Å². The summed E-state index contributed by atoms with van der Waals surface area (Å²) in [6, 6.07) is 1.75. The molecule has 1 aromatic rings. The van der Waals surface area contributed by atoms with Crippen LogP contribution in [0.1, 0.15) is 35.7 Å². The molecular weight excluding hydrogens is 194 g/mol. The predicted molar refractivity (Wildman–Crippen MR) is 56.2 cm³/mol. The number of aromatic nitrogens is 1. The zero-order valence-corrected chi connectivity index (χ0v) is 9.40. The number of esters is 1. The third kappa shape index (κ3) is 2.46. The van der Waals surface area contributed by atoms with Crippen molar-refractivity contribution < 1.29 is 14.3 Å². The number of nitrogens with zero attached hydrogens (tertiary/aromatic N) is 1. The first-order chi connectivity index (χ1) is 7.10. The molecule has 1 rings (SSSR count). The fourth-order valence-corrected chi connectivity index (χ4v) is 1.28. The molecule has 0 unspecified atom stereocenters. The minimum atomic E-state index is -0.382. The van der Waals surface area contributed by atoms with E-state index in [1.54, 1.807) is 13.2 Å². The number of carbonyl (C=O) groups is 1. The van der Waals surface area contributed by atoms with Gasteiger partial charge in [0.1, 0.15) is 0 Å². The lowest BCUT2D eigenvalue weighted by Gasteiger charge is -2.11. The first-order valence-electron chi connectivity index (χ1n) is 4.72. The molecule has 4 nitrogen and oxygen atoms in total. The number of hydrogen-bond donors (Lipinski definition) is 0. The van der Waals surface area contributed by atoms with Crippen LogP contribution in [0.15, 0.2) is 12.3 Å². The van der Waals surface area contributed by atoms with Crippen molar-refractivity contribution in [3.63, 3.8) is 0 Å². The van der Waals surface area contributed by atoms with Gasteiger partial charge in [0.15, 0.2) is 0 Å². The molecule has 0 atom stereocenters. The average molecular weight is 209 g/mol. The minimum absolute atomic E-state index is 0.247. The fraction of sp³-hybridized carbons (Fsp3) is 0.455. The topological polar surface area (TPSA) is 48.4 Å². The molecule has 0 spiro atoms. The minimum Gasteiger partial charge on any atom is -0.481 e. The van der Waals surface area contributed by atoms with Crippen LogP contribution in [0.25, 0.3) is 0 Å². The summed E-state index contributed by atoms with van der Waals surface area (Å²) in [5, 5.41) is 0. The molecule has 0 aromatic carbocycles. The number of hydrogen-bond acceptors (Lipinski definition) is 4. The van der Waals surface area contributed by atoms with Crippen LogP contribution >= 0.6 is 0 Å². The Morgan fingerprint density at radius 2 is 2.07 bits per heavy atom. The fourth-order valence-electron chi connectivity index (χ4n) is 1.28. The van der Waals surface area contributed by atoms with E-state index in [-0.39, 0.29) is 11.9 Å². The van der Waals surface area contributed by atoms with Gasteiger partial charge in [-0.05, 0) is 12.0 Å². The Bertz CT molecular complexity index is 361. The smallest absolute Gasteiger partial charge is 0.339 e.